The number of hydrogen-bond acceptors (Lipinski definition) is 2. The third-order valence-electron chi connectivity index (χ3n) is 4.99. The second-order valence-corrected chi connectivity index (χ2v) is 7.10. The van der Waals surface area contributed by atoms with Crippen molar-refractivity contribution in [2.75, 3.05) is 13.1 Å². The SMILES string of the molecule is CC(C)CCC(C1CC1)N1CC(CN)CCC1C. The van der Waals surface area contributed by atoms with Gasteiger partial charge in [0.25, 0.3) is 0 Å². The molecule has 3 unspecified atom stereocenters. The van der Waals surface area contributed by atoms with Crippen LogP contribution in [0.3, 0.4) is 0 Å². The van der Waals surface area contributed by atoms with Crippen molar-refractivity contribution in [1.82, 2.24) is 4.90 Å². The van der Waals surface area contributed by atoms with Crippen LogP contribution in [0.4, 0.5) is 0 Å². The summed E-state index contributed by atoms with van der Waals surface area (Å²) in [5.74, 6) is 2.60. The van der Waals surface area contributed by atoms with Crippen LogP contribution in [0.2, 0.25) is 0 Å². The van der Waals surface area contributed by atoms with Gasteiger partial charge in [0.2, 0.25) is 0 Å². The van der Waals surface area contributed by atoms with Gasteiger partial charge in [0.05, 0.1) is 0 Å². The highest BCUT2D eigenvalue weighted by Crippen LogP contribution is 2.40. The zero-order valence-electron chi connectivity index (χ0n) is 12.6. The molecule has 1 saturated carbocycles. The number of nitrogens with two attached hydrogens (primary N) is 1. The summed E-state index contributed by atoms with van der Waals surface area (Å²) in [7, 11) is 0. The molecule has 0 spiro atoms. The predicted molar refractivity (Wildman–Crippen MR) is 78.5 cm³/mol. The normalized spacial score (nSPS) is 31.8. The molecule has 0 radical (unpaired) electrons. The molecule has 0 aromatic heterocycles. The van der Waals surface area contributed by atoms with E-state index in [0.717, 1.165) is 36.4 Å². The van der Waals surface area contributed by atoms with E-state index in [-0.39, 0.29) is 0 Å². The average molecular weight is 252 g/mol. The van der Waals surface area contributed by atoms with Gasteiger partial charge in [-0.3, -0.25) is 4.90 Å². The van der Waals surface area contributed by atoms with Crippen LogP contribution in [-0.2, 0) is 0 Å². The summed E-state index contributed by atoms with van der Waals surface area (Å²) in [6.45, 7) is 9.28. The van der Waals surface area contributed by atoms with Crippen LogP contribution in [0, 0.1) is 17.8 Å². The highest BCUT2D eigenvalue weighted by molar-refractivity contribution is 4.93. The zero-order valence-corrected chi connectivity index (χ0v) is 12.6. The van der Waals surface area contributed by atoms with E-state index in [1.165, 1.54) is 45.1 Å². The van der Waals surface area contributed by atoms with E-state index in [1.807, 2.05) is 0 Å². The lowest BCUT2D eigenvalue weighted by atomic mass is 9.89. The summed E-state index contributed by atoms with van der Waals surface area (Å²) in [6.07, 6.45) is 8.43. The molecular formula is C16H32N2. The molecule has 0 aromatic carbocycles. The summed E-state index contributed by atoms with van der Waals surface area (Å²) >= 11 is 0. The van der Waals surface area contributed by atoms with Crippen LogP contribution >= 0.6 is 0 Å². The molecule has 2 fully saturated rings. The first-order chi connectivity index (χ1) is 8.61. The minimum atomic E-state index is 0.751. The van der Waals surface area contributed by atoms with Crippen LogP contribution in [0.15, 0.2) is 0 Å². The maximum Gasteiger partial charge on any atom is 0.0127 e. The lowest BCUT2D eigenvalue weighted by Gasteiger charge is -2.43. The van der Waals surface area contributed by atoms with Gasteiger partial charge in [-0.05, 0) is 69.7 Å². The van der Waals surface area contributed by atoms with Gasteiger partial charge in [0, 0.05) is 18.6 Å². The maximum atomic E-state index is 5.90. The zero-order chi connectivity index (χ0) is 13.1. The Bertz CT molecular complexity index is 247. The second kappa shape index (κ2) is 6.38. The van der Waals surface area contributed by atoms with Gasteiger partial charge in [-0.25, -0.2) is 0 Å². The van der Waals surface area contributed by atoms with Crippen LogP contribution in [-0.4, -0.2) is 30.1 Å². The van der Waals surface area contributed by atoms with Crippen LogP contribution in [0.5, 0.6) is 0 Å². The smallest absolute Gasteiger partial charge is 0.0127 e. The van der Waals surface area contributed by atoms with E-state index < -0.39 is 0 Å². The average Bonchev–Trinajstić information content (AvgIpc) is 3.15. The van der Waals surface area contributed by atoms with Gasteiger partial charge in [-0.2, -0.15) is 0 Å². The summed E-state index contributed by atoms with van der Waals surface area (Å²) in [6, 6.07) is 1.64. The molecule has 3 atom stereocenters. The fraction of sp³-hybridized carbons (Fsp3) is 1.00. The highest BCUT2D eigenvalue weighted by atomic mass is 15.2. The van der Waals surface area contributed by atoms with Crippen LogP contribution in [0.25, 0.3) is 0 Å². The number of likely N-dealkylation sites (tertiary alicyclic amines) is 1. The van der Waals surface area contributed by atoms with Gasteiger partial charge < -0.3 is 5.73 Å². The van der Waals surface area contributed by atoms with E-state index in [2.05, 4.69) is 25.7 Å². The molecule has 2 aliphatic rings. The first-order valence-corrected chi connectivity index (χ1v) is 8.07. The van der Waals surface area contributed by atoms with Gasteiger partial charge in [-0.15, -0.1) is 0 Å². The molecule has 0 amide bonds. The first-order valence-electron chi connectivity index (χ1n) is 8.07. The summed E-state index contributed by atoms with van der Waals surface area (Å²) < 4.78 is 0. The van der Waals surface area contributed by atoms with Crippen molar-refractivity contribution >= 4 is 0 Å². The molecule has 2 rings (SSSR count). The Morgan fingerprint density at radius 3 is 2.39 bits per heavy atom. The molecule has 2 heteroatoms. The highest BCUT2D eigenvalue weighted by Gasteiger charge is 2.38. The lowest BCUT2D eigenvalue weighted by Crippen LogP contribution is -2.50. The maximum absolute atomic E-state index is 5.90. The van der Waals surface area contributed by atoms with Crippen molar-refractivity contribution in [2.24, 2.45) is 23.5 Å². The van der Waals surface area contributed by atoms with Crippen molar-refractivity contribution in [3.63, 3.8) is 0 Å². The van der Waals surface area contributed by atoms with Gasteiger partial charge in [0.15, 0.2) is 0 Å². The first kappa shape index (κ1) is 14.3. The summed E-state index contributed by atoms with van der Waals surface area (Å²) in [5.41, 5.74) is 5.90. The van der Waals surface area contributed by atoms with Crippen LogP contribution < -0.4 is 5.73 Å². The molecular weight excluding hydrogens is 220 g/mol. The Morgan fingerprint density at radius 1 is 1.11 bits per heavy atom. The van der Waals surface area contributed by atoms with Crippen molar-refractivity contribution in [3.8, 4) is 0 Å². The topological polar surface area (TPSA) is 29.3 Å². The molecule has 18 heavy (non-hydrogen) atoms. The second-order valence-electron chi connectivity index (χ2n) is 7.10. The van der Waals surface area contributed by atoms with E-state index in [0.29, 0.717) is 0 Å². The van der Waals surface area contributed by atoms with Crippen LogP contribution in [0.1, 0.15) is 59.3 Å². The summed E-state index contributed by atoms with van der Waals surface area (Å²) in [5, 5.41) is 0. The van der Waals surface area contributed by atoms with Gasteiger partial charge in [0.1, 0.15) is 0 Å². The number of nitrogens with zero attached hydrogens (tertiary/aromatic N) is 1. The van der Waals surface area contributed by atoms with E-state index in [9.17, 15) is 0 Å². The van der Waals surface area contributed by atoms with Crippen molar-refractivity contribution in [1.29, 1.82) is 0 Å². The van der Waals surface area contributed by atoms with E-state index in [1.54, 1.807) is 0 Å². The van der Waals surface area contributed by atoms with Gasteiger partial charge >= 0.3 is 0 Å². The Kier molecular flexibility index (Phi) is 5.08. The fourth-order valence-corrected chi connectivity index (χ4v) is 3.52. The number of piperidine rings is 1. The third kappa shape index (κ3) is 3.71. The Morgan fingerprint density at radius 2 is 1.83 bits per heavy atom. The molecule has 1 aliphatic heterocycles. The van der Waals surface area contributed by atoms with Gasteiger partial charge in [-0.1, -0.05) is 13.8 Å². The Hall–Kier alpha value is -0.0800. The predicted octanol–water partition coefficient (Wildman–Crippen LogP) is 3.26. The largest absolute Gasteiger partial charge is 0.330 e. The molecule has 2 nitrogen and oxygen atoms in total. The van der Waals surface area contributed by atoms with Crippen molar-refractivity contribution in [2.45, 2.75) is 71.4 Å². The quantitative estimate of drug-likeness (QED) is 0.786. The van der Waals surface area contributed by atoms with Crippen molar-refractivity contribution < 1.29 is 0 Å². The van der Waals surface area contributed by atoms with E-state index >= 15 is 0 Å². The molecule has 0 bridgehead atoms. The molecule has 1 aliphatic carbocycles. The Balaban J connectivity index is 1.94. The third-order valence-corrected chi connectivity index (χ3v) is 4.99. The number of rotatable bonds is 6. The van der Waals surface area contributed by atoms with E-state index in [4.69, 9.17) is 5.73 Å². The lowest BCUT2D eigenvalue weighted by molar-refractivity contribution is 0.0563. The minimum Gasteiger partial charge on any atom is -0.330 e. The van der Waals surface area contributed by atoms with Crippen molar-refractivity contribution in [3.05, 3.63) is 0 Å². The molecule has 1 saturated heterocycles. The molecule has 2 N–H and O–H groups in total. The minimum absolute atomic E-state index is 0.751. The number of hydrogen-bond donors (Lipinski definition) is 1. The Labute approximate surface area is 113 Å². The molecule has 1 heterocycles. The fourth-order valence-electron chi connectivity index (χ4n) is 3.52. The molecule has 0 aromatic rings. The monoisotopic (exact) mass is 252 g/mol. The standard InChI is InChI=1S/C16H32N2/c1-12(2)4-9-16(15-7-8-15)18-11-14(10-17)6-5-13(18)3/h12-16H,4-11,17H2,1-3H3. The molecule has 106 valence electrons. The summed E-state index contributed by atoms with van der Waals surface area (Å²) in [4.78, 5) is 2.82.